The van der Waals surface area contributed by atoms with Crippen LogP contribution in [0.15, 0.2) is 6.20 Å². The molecule has 1 atom stereocenters. The van der Waals surface area contributed by atoms with Crippen LogP contribution in [-0.4, -0.2) is 86.3 Å². The highest BCUT2D eigenvalue weighted by molar-refractivity contribution is 5.93. The summed E-state index contributed by atoms with van der Waals surface area (Å²) in [7, 11) is 0. The van der Waals surface area contributed by atoms with Gasteiger partial charge in [-0.3, -0.25) is 9.69 Å². The first-order valence-electron chi connectivity index (χ1n) is 11.8. The van der Waals surface area contributed by atoms with E-state index in [1.165, 1.54) is 17.7 Å². The number of aromatic nitrogens is 2. The van der Waals surface area contributed by atoms with Gasteiger partial charge in [0.1, 0.15) is 11.5 Å². The van der Waals surface area contributed by atoms with Crippen LogP contribution in [0.4, 0.5) is 18.0 Å². The second-order valence-corrected chi connectivity index (χ2v) is 9.78. The summed E-state index contributed by atoms with van der Waals surface area (Å²) in [6.07, 6.45) is -0.603. The molecular weight excluding hydrogens is 439 g/mol. The average Bonchev–Trinajstić information content (AvgIpc) is 3.42. The Balaban J connectivity index is 1.23. The van der Waals surface area contributed by atoms with Crippen molar-refractivity contribution in [2.75, 3.05) is 26.2 Å². The number of fused-ring (bicyclic) bond motifs is 1. The number of nitrogens with zero attached hydrogens (tertiary/aromatic N) is 5. The van der Waals surface area contributed by atoms with Gasteiger partial charge in [0.2, 0.25) is 0 Å². The number of alkyl halides is 3. The molecule has 11 heteroatoms. The molecule has 1 saturated carbocycles. The Hall–Kier alpha value is -2.30. The van der Waals surface area contributed by atoms with Gasteiger partial charge in [-0.1, -0.05) is 0 Å². The number of ether oxygens (including phenoxy) is 1. The van der Waals surface area contributed by atoms with E-state index in [2.05, 4.69) is 19.2 Å². The highest BCUT2D eigenvalue weighted by Crippen LogP contribution is 2.40. The Morgan fingerprint density at radius 3 is 2.52 bits per heavy atom. The van der Waals surface area contributed by atoms with E-state index in [1.807, 2.05) is 11.1 Å². The van der Waals surface area contributed by atoms with Crippen LogP contribution < -0.4 is 0 Å². The second-order valence-electron chi connectivity index (χ2n) is 9.78. The average molecular weight is 470 g/mol. The number of amides is 2. The van der Waals surface area contributed by atoms with E-state index in [0.29, 0.717) is 31.1 Å². The van der Waals surface area contributed by atoms with Gasteiger partial charge in [-0.2, -0.15) is 13.2 Å². The molecule has 0 N–H and O–H groups in total. The predicted molar refractivity (Wildman–Crippen MR) is 111 cm³/mol. The fraction of sp³-hybridized carbons (Fsp3) is 0.773. The Labute approximate surface area is 190 Å². The van der Waals surface area contributed by atoms with Crippen molar-refractivity contribution in [3.05, 3.63) is 17.7 Å². The van der Waals surface area contributed by atoms with E-state index in [4.69, 9.17) is 0 Å². The largest absolute Gasteiger partial charge is 0.437 e. The molecule has 0 aromatic carbocycles. The molecule has 1 spiro atoms. The molecule has 1 aromatic rings. The molecule has 0 bridgehead atoms. The van der Waals surface area contributed by atoms with E-state index in [9.17, 15) is 22.8 Å². The molecule has 3 fully saturated rings. The smallest absolute Gasteiger partial charge is 0.425 e. The van der Waals surface area contributed by atoms with Gasteiger partial charge in [0.25, 0.3) is 5.91 Å². The molecule has 182 valence electrons. The molecule has 5 rings (SSSR count). The van der Waals surface area contributed by atoms with Gasteiger partial charge in [0, 0.05) is 50.5 Å². The molecule has 0 radical (unpaired) electrons. The number of piperidine rings is 1. The third kappa shape index (κ3) is 4.31. The van der Waals surface area contributed by atoms with Gasteiger partial charge >= 0.3 is 12.3 Å². The molecule has 4 heterocycles. The number of rotatable bonds is 3. The molecule has 2 saturated heterocycles. The standard InChI is InChI=1S/C22H30F3N5O3/c1-15(22(23,24)25)33-20(32)27-9-6-21(7-10-27)5-2-8-30(21)19(31)17-13-29-12-11-28(16-3-4-16)14-18(29)26-17/h13,15-16H,2-12,14H2,1H3. The van der Waals surface area contributed by atoms with E-state index in [1.54, 1.807) is 0 Å². The van der Waals surface area contributed by atoms with Gasteiger partial charge in [-0.25, -0.2) is 9.78 Å². The van der Waals surface area contributed by atoms with Gasteiger partial charge in [-0.15, -0.1) is 0 Å². The number of hydrogen-bond acceptors (Lipinski definition) is 5. The lowest BCUT2D eigenvalue weighted by atomic mass is 9.85. The summed E-state index contributed by atoms with van der Waals surface area (Å²) in [6.45, 7) is 4.58. The lowest BCUT2D eigenvalue weighted by molar-refractivity contribution is -0.200. The first-order chi connectivity index (χ1) is 15.7. The fourth-order valence-corrected chi connectivity index (χ4v) is 5.44. The highest BCUT2D eigenvalue weighted by Gasteiger charge is 2.48. The summed E-state index contributed by atoms with van der Waals surface area (Å²) >= 11 is 0. The van der Waals surface area contributed by atoms with Crippen LogP contribution in [0.1, 0.15) is 61.8 Å². The third-order valence-electron chi connectivity index (χ3n) is 7.65. The number of hydrogen-bond donors (Lipinski definition) is 0. The Bertz CT molecular complexity index is 921. The maximum Gasteiger partial charge on any atom is 0.425 e. The zero-order chi connectivity index (χ0) is 23.4. The lowest BCUT2D eigenvalue weighted by Gasteiger charge is -2.44. The normalized spacial score (nSPS) is 24.1. The van der Waals surface area contributed by atoms with E-state index in [-0.39, 0.29) is 24.5 Å². The summed E-state index contributed by atoms with van der Waals surface area (Å²) in [6, 6.07) is 0.660. The Morgan fingerprint density at radius 2 is 1.85 bits per heavy atom. The minimum atomic E-state index is -4.58. The maximum atomic E-state index is 13.4. The van der Waals surface area contributed by atoms with Crippen LogP contribution in [0.5, 0.6) is 0 Å². The highest BCUT2D eigenvalue weighted by atomic mass is 19.4. The quantitative estimate of drug-likeness (QED) is 0.681. The summed E-state index contributed by atoms with van der Waals surface area (Å²) in [4.78, 5) is 35.9. The summed E-state index contributed by atoms with van der Waals surface area (Å²) in [5.41, 5.74) is 0.0815. The van der Waals surface area contributed by atoms with E-state index in [0.717, 1.165) is 45.2 Å². The molecular formula is C22H30F3N5O3. The van der Waals surface area contributed by atoms with Crippen molar-refractivity contribution < 1.29 is 27.5 Å². The number of imidazole rings is 1. The fourth-order valence-electron chi connectivity index (χ4n) is 5.44. The predicted octanol–water partition coefficient (Wildman–Crippen LogP) is 3.02. The summed E-state index contributed by atoms with van der Waals surface area (Å²) in [5, 5.41) is 0. The Kier molecular flexibility index (Phi) is 5.57. The van der Waals surface area contributed by atoms with Crippen LogP contribution >= 0.6 is 0 Å². The number of carbonyl (C=O) groups is 2. The first-order valence-corrected chi connectivity index (χ1v) is 11.8. The summed E-state index contributed by atoms with van der Waals surface area (Å²) < 4.78 is 44.8. The van der Waals surface area contributed by atoms with Gasteiger partial charge in [0.15, 0.2) is 6.10 Å². The van der Waals surface area contributed by atoms with Crippen molar-refractivity contribution >= 4 is 12.0 Å². The van der Waals surface area contributed by atoms with Crippen molar-refractivity contribution in [1.82, 2.24) is 24.3 Å². The molecule has 33 heavy (non-hydrogen) atoms. The minimum Gasteiger partial charge on any atom is -0.437 e. The van der Waals surface area contributed by atoms with Crippen LogP contribution in [0.2, 0.25) is 0 Å². The topological polar surface area (TPSA) is 70.9 Å². The van der Waals surface area contributed by atoms with Crippen LogP contribution in [-0.2, 0) is 17.8 Å². The molecule has 1 aromatic heterocycles. The van der Waals surface area contributed by atoms with Gasteiger partial charge < -0.3 is 19.1 Å². The van der Waals surface area contributed by atoms with Crippen molar-refractivity contribution in [2.24, 2.45) is 0 Å². The van der Waals surface area contributed by atoms with E-state index >= 15 is 0 Å². The molecule has 8 nitrogen and oxygen atoms in total. The third-order valence-corrected chi connectivity index (χ3v) is 7.65. The number of likely N-dealkylation sites (tertiary alicyclic amines) is 2. The molecule has 3 aliphatic heterocycles. The number of carbonyl (C=O) groups excluding carboxylic acids is 2. The van der Waals surface area contributed by atoms with Crippen LogP contribution in [0.25, 0.3) is 0 Å². The minimum absolute atomic E-state index is 0.0888. The maximum absolute atomic E-state index is 13.4. The molecule has 4 aliphatic rings. The second kappa shape index (κ2) is 8.18. The zero-order valence-corrected chi connectivity index (χ0v) is 18.8. The van der Waals surface area contributed by atoms with E-state index < -0.39 is 18.4 Å². The van der Waals surface area contributed by atoms with Crippen LogP contribution in [0.3, 0.4) is 0 Å². The van der Waals surface area contributed by atoms with Gasteiger partial charge in [0.05, 0.1) is 6.54 Å². The monoisotopic (exact) mass is 469 g/mol. The summed E-state index contributed by atoms with van der Waals surface area (Å²) in [5.74, 6) is 0.843. The zero-order valence-electron chi connectivity index (χ0n) is 18.8. The lowest BCUT2D eigenvalue weighted by Crippen LogP contribution is -2.55. The SMILES string of the molecule is CC(OC(=O)N1CCC2(CCCN2C(=O)c2cn3c(n2)CN(C2CC2)CC3)CC1)C(F)(F)F. The Morgan fingerprint density at radius 1 is 1.12 bits per heavy atom. The van der Waals surface area contributed by atoms with Gasteiger partial charge in [-0.05, 0) is 45.4 Å². The van der Waals surface area contributed by atoms with Crippen molar-refractivity contribution in [3.8, 4) is 0 Å². The number of halogens is 3. The van der Waals surface area contributed by atoms with Crippen molar-refractivity contribution in [3.63, 3.8) is 0 Å². The van der Waals surface area contributed by atoms with Crippen molar-refractivity contribution in [1.29, 1.82) is 0 Å². The van der Waals surface area contributed by atoms with Crippen LogP contribution in [0, 0.1) is 0 Å². The first kappa shape index (κ1) is 22.5. The van der Waals surface area contributed by atoms with Crippen molar-refractivity contribution in [2.45, 2.75) is 82.4 Å². The molecule has 2 amide bonds. The molecule has 1 aliphatic carbocycles. The molecule has 1 unspecified atom stereocenters.